The van der Waals surface area contributed by atoms with Gasteiger partial charge in [-0.3, -0.25) is 0 Å². The van der Waals surface area contributed by atoms with E-state index in [4.69, 9.17) is 10.5 Å². The smallest absolute Gasteiger partial charge is 0.435 e. The van der Waals surface area contributed by atoms with Crippen LogP contribution in [0.3, 0.4) is 0 Å². The molecule has 2 aromatic carbocycles. The summed E-state index contributed by atoms with van der Waals surface area (Å²) in [6.45, 7) is 0.122. The van der Waals surface area contributed by atoms with Gasteiger partial charge in [0.2, 0.25) is 0 Å². The highest BCUT2D eigenvalue weighted by molar-refractivity contribution is 5.65. The number of nitrogens with zero attached hydrogens (tertiary/aromatic N) is 2. The van der Waals surface area contributed by atoms with Crippen LogP contribution in [-0.4, -0.2) is 29.6 Å². The molecule has 0 aliphatic rings. The minimum absolute atomic E-state index is 0.122. The second-order valence-corrected chi connectivity index (χ2v) is 6.14. The zero-order valence-corrected chi connectivity index (χ0v) is 15.4. The molecule has 0 saturated carbocycles. The normalized spacial score (nSPS) is 11.3. The first-order valence-electron chi connectivity index (χ1n) is 8.61. The van der Waals surface area contributed by atoms with E-state index in [1.54, 1.807) is 48.5 Å². The maximum absolute atomic E-state index is 13.3. The molecule has 0 atom stereocenters. The van der Waals surface area contributed by atoms with Crippen LogP contribution in [0.2, 0.25) is 0 Å². The Morgan fingerprint density at radius 2 is 1.76 bits per heavy atom. The number of rotatable bonds is 6. The Morgan fingerprint density at radius 1 is 1.10 bits per heavy atom. The van der Waals surface area contributed by atoms with Gasteiger partial charge in [-0.15, -0.1) is 0 Å². The van der Waals surface area contributed by atoms with Gasteiger partial charge in [0, 0.05) is 12.0 Å². The predicted octanol–water partition coefficient (Wildman–Crippen LogP) is 4.20. The van der Waals surface area contributed by atoms with Crippen molar-refractivity contribution in [2.75, 3.05) is 13.7 Å². The lowest BCUT2D eigenvalue weighted by atomic mass is 10.1. The molecule has 6 nitrogen and oxygen atoms in total. The molecule has 0 spiro atoms. The van der Waals surface area contributed by atoms with Crippen molar-refractivity contribution >= 4 is 6.09 Å². The molecular formula is C20H18F3N3O3. The largest absolute Gasteiger partial charge is 0.497 e. The van der Waals surface area contributed by atoms with Crippen LogP contribution in [-0.2, 0) is 17.3 Å². The lowest BCUT2D eigenvalue weighted by Gasteiger charge is -2.09. The van der Waals surface area contributed by atoms with Crippen molar-refractivity contribution in [2.24, 2.45) is 5.73 Å². The molecule has 0 fully saturated rings. The molecular weight excluding hydrogens is 387 g/mol. The van der Waals surface area contributed by atoms with Gasteiger partial charge in [0.1, 0.15) is 5.75 Å². The third-order valence-electron chi connectivity index (χ3n) is 4.20. The molecule has 0 aliphatic carbocycles. The number of aromatic nitrogens is 2. The van der Waals surface area contributed by atoms with Gasteiger partial charge < -0.3 is 15.2 Å². The van der Waals surface area contributed by atoms with Crippen LogP contribution >= 0.6 is 0 Å². The zero-order chi connectivity index (χ0) is 21.0. The number of methoxy groups -OCH3 is 1. The highest BCUT2D eigenvalue weighted by Crippen LogP contribution is 2.33. The second kappa shape index (κ2) is 8.26. The van der Waals surface area contributed by atoms with Crippen molar-refractivity contribution < 1.29 is 27.4 Å². The zero-order valence-electron chi connectivity index (χ0n) is 15.4. The number of alkyl halides is 3. The monoisotopic (exact) mass is 405 g/mol. The van der Waals surface area contributed by atoms with Crippen LogP contribution in [0.25, 0.3) is 16.9 Å². The fourth-order valence-electron chi connectivity index (χ4n) is 2.76. The Labute approximate surface area is 164 Å². The quantitative estimate of drug-likeness (QED) is 0.667. The summed E-state index contributed by atoms with van der Waals surface area (Å²) in [6.07, 6.45) is -4.99. The number of carbonyl (C=O) groups excluding carboxylic acids is 1. The summed E-state index contributed by atoms with van der Waals surface area (Å²) in [4.78, 5) is 10.6. The van der Waals surface area contributed by atoms with Gasteiger partial charge in [-0.05, 0) is 35.9 Å². The minimum Gasteiger partial charge on any atom is -0.497 e. The van der Waals surface area contributed by atoms with Crippen molar-refractivity contribution in [2.45, 2.75) is 12.6 Å². The van der Waals surface area contributed by atoms with Gasteiger partial charge in [0.25, 0.3) is 0 Å². The number of hydrogen-bond acceptors (Lipinski definition) is 4. The molecule has 1 aromatic heterocycles. The molecule has 0 unspecified atom stereocenters. The van der Waals surface area contributed by atoms with E-state index in [0.29, 0.717) is 29.1 Å². The first-order valence-corrected chi connectivity index (χ1v) is 8.61. The van der Waals surface area contributed by atoms with Crippen LogP contribution in [0.15, 0.2) is 54.6 Å². The first-order chi connectivity index (χ1) is 13.8. The summed E-state index contributed by atoms with van der Waals surface area (Å²) in [6, 6.07) is 14.4. The Hall–Kier alpha value is -3.49. The molecule has 3 rings (SSSR count). The molecule has 2 N–H and O–H groups in total. The number of hydrogen-bond donors (Lipinski definition) is 1. The molecule has 3 aromatic rings. The number of carbonyl (C=O) groups is 1. The lowest BCUT2D eigenvalue weighted by molar-refractivity contribution is -0.141. The van der Waals surface area contributed by atoms with Crippen LogP contribution in [0.1, 0.15) is 11.3 Å². The van der Waals surface area contributed by atoms with E-state index in [0.717, 1.165) is 11.6 Å². The van der Waals surface area contributed by atoms with Crippen LogP contribution in [0.5, 0.6) is 5.75 Å². The van der Waals surface area contributed by atoms with Crippen LogP contribution < -0.4 is 10.5 Å². The highest BCUT2D eigenvalue weighted by Gasteiger charge is 2.35. The molecule has 0 aliphatic heterocycles. The van der Waals surface area contributed by atoms with E-state index < -0.39 is 18.0 Å². The predicted molar refractivity (Wildman–Crippen MR) is 99.8 cm³/mol. The van der Waals surface area contributed by atoms with Crippen LogP contribution in [0.4, 0.5) is 18.0 Å². The molecule has 152 valence electrons. The maximum Gasteiger partial charge on any atom is 0.435 e. The van der Waals surface area contributed by atoms with E-state index in [1.807, 2.05) is 0 Å². The molecule has 1 heterocycles. The van der Waals surface area contributed by atoms with Gasteiger partial charge >= 0.3 is 12.3 Å². The molecule has 0 radical (unpaired) electrons. The Kier molecular flexibility index (Phi) is 5.76. The van der Waals surface area contributed by atoms with Gasteiger partial charge in [-0.25, -0.2) is 9.48 Å². The number of nitrogens with two attached hydrogens (primary N) is 1. The van der Waals surface area contributed by atoms with Gasteiger partial charge in [-0.2, -0.15) is 18.3 Å². The standard InChI is InChI=1S/C20H18F3N3O3/c1-28-16-8-6-15(7-9-16)26-17(12-18(25-26)20(21,22)23)14-4-2-13(3-5-14)10-11-29-19(24)27/h2-9,12H,10-11H2,1H3,(H2,24,27). The molecule has 9 heteroatoms. The number of amides is 1. The highest BCUT2D eigenvalue weighted by atomic mass is 19.4. The molecule has 0 bridgehead atoms. The van der Waals surface area contributed by atoms with Crippen molar-refractivity contribution in [3.8, 4) is 22.7 Å². The maximum atomic E-state index is 13.3. The molecule has 29 heavy (non-hydrogen) atoms. The number of ether oxygens (including phenoxy) is 2. The number of primary amides is 1. The summed E-state index contributed by atoms with van der Waals surface area (Å²) in [5.41, 5.74) is 6.10. The van der Waals surface area contributed by atoms with Gasteiger partial charge in [0.15, 0.2) is 5.69 Å². The van der Waals surface area contributed by atoms with Crippen LogP contribution in [0, 0.1) is 0 Å². The van der Waals surface area contributed by atoms with Gasteiger partial charge in [0.05, 0.1) is 25.1 Å². The minimum atomic E-state index is -4.57. The fourth-order valence-corrected chi connectivity index (χ4v) is 2.76. The topological polar surface area (TPSA) is 79.4 Å². The third-order valence-corrected chi connectivity index (χ3v) is 4.20. The average Bonchev–Trinajstić information content (AvgIpc) is 3.14. The van der Waals surface area contributed by atoms with Crippen molar-refractivity contribution in [1.29, 1.82) is 0 Å². The van der Waals surface area contributed by atoms with Crippen molar-refractivity contribution in [1.82, 2.24) is 9.78 Å². The SMILES string of the molecule is COc1ccc(-n2nc(C(F)(F)F)cc2-c2ccc(CCOC(N)=O)cc2)cc1. The Morgan fingerprint density at radius 3 is 2.31 bits per heavy atom. The fraction of sp³-hybridized carbons (Fsp3) is 0.200. The van der Waals surface area contributed by atoms with Crippen molar-refractivity contribution in [3.05, 3.63) is 65.9 Å². The third kappa shape index (κ3) is 4.87. The lowest BCUT2D eigenvalue weighted by Crippen LogP contribution is -2.14. The van der Waals surface area contributed by atoms with Gasteiger partial charge in [-0.1, -0.05) is 24.3 Å². The Bertz CT molecular complexity index is 981. The van der Waals surface area contributed by atoms with E-state index in [1.165, 1.54) is 11.8 Å². The summed E-state index contributed by atoms with van der Waals surface area (Å²) in [7, 11) is 1.51. The second-order valence-electron chi connectivity index (χ2n) is 6.14. The van der Waals surface area contributed by atoms with Crippen molar-refractivity contribution in [3.63, 3.8) is 0 Å². The molecule has 0 saturated heterocycles. The number of halogens is 3. The number of benzene rings is 2. The summed E-state index contributed by atoms with van der Waals surface area (Å²) >= 11 is 0. The van der Waals surface area contributed by atoms with E-state index in [2.05, 4.69) is 9.84 Å². The van der Waals surface area contributed by atoms with E-state index >= 15 is 0 Å². The summed E-state index contributed by atoms with van der Waals surface area (Å²) < 4.78 is 50.8. The van der Waals surface area contributed by atoms with E-state index in [-0.39, 0.29) is 6.61 Å². The summed E-state index contributed by atoms with van der Waals surface area (Å²) in [5.74, 6) is 0.584. The van der Waals surface area contributed by atoms with E-state index in [9.17, 15) is 18.0 Å². The summed E-state index contributed by atoms with van der Waals surface area (Å²) in [5, 5.41) is 3.75. The Balaban J connectivity index is 1.94. The first kappa shape index (κ1) is 20.2. The average molecular weight is 405 g/mol. The molecule has 1 amide bonds.